The zero-order valence-corrected chi connectivity index (χ0v) is 16.8. The van der Waals surface area contributed by atoms with Crippen molar-refractivity contribution in [1.82, 2.24) is 4.90 Å². The second kappa shape index (κ2) is 7.84. The van der Waals surface area contributed by atoms with Gasteiger partial charge in [-0.2, -0.15) is 0 Å². The molecule has 140 valence electrons. The number of furan rings is 1. The monoisotopic (exact) mass is 441 g/mol. The van der Waals surface area contributed by atoms with Gasteiger partial charge in [-0.1, -0.05) is 12.1 Å². The van der Waals surface area contributed by atoms with Crippen LogP contribution in [0.4, 0.5) is 0 Å². The van der Waals surface area contributed by atoms with E-state index in [0.29, 0.717) is 22.6 Å². The Morgan fingerprint density at radius 1 is 1.35 bits per heavy atom. The third-order valence-corrected chi connectivity index (χ3v) is 6.45. The summed E-state index contributed by atoms with van der Waals surface area (Å²) in [6.07, 6.45) is 0.431. The van der Waals surface area contributed by atoms with Crippen molar-refractivity contribution in [3.63, 3.8) is 0 Å². The number of ether oxygens (including phenoxy) is 1. The fourth-order valence-electron chi connectivity index (χ4n) is 2.98. The van der Waals surface area contributed by atoms with Crippen LogP contribution >= 0.6 is 15.9 Å². The number of sulfone groups is 1. The number of benzene rings is 1. The minimum absolute atomic E-state index is 0.0228. The van der Waals surface area contributed by atoms with E-state index in [1.807, 2.05) is 25.1 Å². The smallest absolute Gasteiger partial charge is 0.261 e. The summed E-state index contributed by atoms with van der Waals surface area (Å²) in [5, 5.41) is 0. The largest absolute Gasteiger partial charge is 0.484 e. The summed E-state index contributed by atoms with van der Waals surface area (Å²) in [5.41, 5.74) is 1.04. The molecule has 2 heterocycles. The molecule has 26 heavy (non-hydrogen) atoms. The highest BCUT2D eigenvalue weighted by Crippen LogP contribution is 2.23. The average molecular weight is 442 g/mol. The Morgan fingerprint density at radius 3 is 2.77 bits per heavy atom. The Morgan fingerprint density at radius 2 is 2.15 bits per heavy atom. The van der Waals surface area contributed by atoms with E-state index in [1.165, 1.54) is 0 Å². The lowest BCUT2D eigenvalue weighted by molar-refractivity contribution is -0.136. The second-order valence-electron chi connectivity index (χ2n) is 6.39. The van der Waals surface area contributed by atoms with Crippen molar-refractivity contribution in [1.29, 1.82) is 0 Å². The van der Waals surface area contributed by atoms with Crippen molar-refractivity contribution < 1.29 is 22.4 Å². The third kappa shape index (κ3) is 4.88. The quantitative estimate of drug-likeness (QED) is 0.688. The number of carbonyl (C=O) groups excluding carboxylic acids is 1. The molecule has 0 saturated carbocycles. The van der Waals surface area contributed by atoms with Crippen LogP contribution in [0.3, 0.4) is 0 Å². The van der Waals surface area contributed by atoms with Crippen molar-refractivity contribution in [2.75, 3.05) is 18.1 Å². The van der Waals surface area contributed by atoms with E-state index in [2.05, 4.69) is 15.9 Å². The molecule has 8 heteroatoms. The average Bonchev–Trinajstić information content (AvgIpc) is 3.15. The van der Waals surface area contributed by atoms with Crippen molar-refractivity contribution in [3.8, 4) is 5.75 Å². The fraction of sp³-hybridized carbons (Fsp3) is 0.389. The van der Waals surface area contributed by atoms with Gasteiger partial charge in [0.05, 0.1) is 18.1 Å². The first-order chi connectivity index (χ1) is 12.3. The van der Waals surface area contributed by atoms with E-state index < -0.39 is 9.84 Å². The maximum atomic E-state index is 12.8. The van der Waals surface area contributed by atoms with Gasteiger partial charge in [-0.25, -0.2) is 8.42 Å². The van der Waals surface area contributed by atoms with E-state index in [4.69, 9.17) is 9.15 Å². The minimum atomic E-state index is -3.11. The van der Waals surface area contributed by atoms with Gasteiger partial charge in [0.25, 0.3) is 5.91 Å². The number of amides is 1. The van der Waals surface area contributed by atoms with Crippen molar-refractivity contribution in [2.45, 2.75) is 25.9 Å². The molecule has 1 atom stereocenters. The van der Waals surface area contributed by atoms with E-state index in [1.54, 1.807) is 23.1 Å². The lowest BCUT2D eigenvalue weighted by Gasteiger charge is -2.27. The van der Waals surface area contributed by atoms with Gasteiger partial charge in [0.1, 0.15) is 11.5 Å². The van der Waals surface area contributed by atoms with Crippen LogP contribution in [0.25, 0.3) is 0 Å². The normalized spacial score (nSPS) is 18.6. The molecule has 0 radical (unpaired) electrons. The highest BCUT2D eigenvalue weighted by molar-refractivity contribution is 9.10. The van der Waals surface area contributed by atoms with Gasteiger partial charge in [-0.3, -0.25) is 4.79 Å². The molecule has 1 amide bonds. The van der Waals surface area contributed by atoms with Crippen LogP contribution in [-0.2, 0) is 21.2 Å². The number of nitrogens with zero attached hydrogens (tertiary/aromatic N) is 1. The second-order valence-corrected chi connectivity index (χ2v) is 9.40. The van der Waals surface area contributed by atoms with Gasteiger partial charge in [-0.05, 0) is 59.1 Å². The molecule has 2 aromatic rings. The summed E-state index contributed by atoms with van der Waals surface area (Å²) in [6, 6.07) is 10.6. The van der Waals surface area contributed by atoms with Gasteiger partial charge < -0.3 is 14.1 Å². The van der Waals surface area contributed by atoms with Crippen LogP contribution in [0.5, 0.6) is 5.75 Å². The van der Waals surface area contributed by atoms with Gasteiger partial charge >= 0.3 is 0 Å². The number of aryl methyl sites for hydroxylation is 1. The first kappa shape index (κ1) is 19.0. The summed E-state index contributed by atoms with van der Waals surface area (Å²) < 4.78 is 35.3. The van der Waals surface area contributed by atoms with Crippen LogP contribution in [0.2, 0.25) is 0 Å². The molecule has 0 unspecified atom stereocenters. The van der Waals surface area contributed by atoms with E-state index in [9.17, 15) is 13.2 Å². The Bertz CT molecular complexity index is 892. The van der Waals surface area contributed by atoms with Gasteiger partial charge in [0, 0.05) is 6.04 Å². The fourth-order valence-corrected chi connectivity index (χ4v) is 5.05. The number of halogens is 1. The molecule has 1 aromatic heterocycles. The predicted octanol–water partition coefficient (Wildman–Crippen LogP) is 2.95. The lowest BCUT2D eigenvalue weighted by Crippen LogP contribution is -2.43. The SMILES string of the molecule is Cc1cccc(OCC(=O)N(Cc2ccc(Br)o2)[C@@H]2CCS(=O)(=O)C2)c1. The summed E-state index contributed by atoms with van der Waals surface area (Å²) in [7, 11) is -3.11. The Hall–Kier alpha value is -1.80. The zero-order chi connectivity index (χ0) is 18.7. The van der Waals surface area contributed by atoms with Gasteiger partial charge in [0.2, 0.25) is 0 Å². The first-order valence-electron chi connectivity index (χ1n) is 8.26. The number of hydrogen-bond donors (Lipinski definition) is 0. The molecular weight excluding hydrogens is 422 g/mol. The van der Waals surface area contributed by atoms with E-state index in [0.717, 1.165) is 5.56 Å². The van der Waals surface area contributed by atoms with Crippen molar-refractivity contribution >= 4 is 31.7 Å². The zero-order valence-electron chi connectivity index (χ0n) is 14.4. The van der Waals surface area contributed by atoms with Crippen LogP contribution in [-0.4, -0.2) is 43.4 Å². The molecule has 3 rings (SSSR count). The highest BCUT2D eigenvalue weighted by atomic mass is 79.9. The van der Waals surface area contributed by atoms with Gasteiger partial charge in [0.15, 0.2) is 21.1 Å². The van der Waals surface area contributed by atoms with Crippen molar-refractivity contribution in [3.05, 3.63) is 52.4 Å². The Labute approximate surface area is 161 Å². The lowest BCUT2D eigenvalue weighted by atomic mass is 10.2. The molecule has 1 aromatic carbocycles. The van der Waals surface area contributed by atoms with Crippen LogP contribution in [0.1, 0.15) is 17.7 Å². The van der Waals surface area contributed by atoms with Gasteiger partial charge in [-0.15, -0.1) is 0 Å². The summed E-state index contributed by atoms with van der Waals surface area (Å²) in [4.78, 5) is 14.3. The number of hydrogen-bond acceptors (Lipinski definition) is 5. The molecule has 0 N–H and O–H groups in total. The summed E-state index contributed by atoms with van der Waals surface area (Å²) in [5.74, 6) is 1.01. The number of rotatable bonds is 6. The predicted molar refractivity (Wildman–Crippen MR) is 101 cm³/mol. The van der Waals surface area contributed by atoms with Crippen molar-refractivity contribution in [2.24, 2.45) is 0 Å². The van der Waals surface area contributed by atoms with E-state index >= 15 is 0 Å². The van der Waals surface area contributed by atoms with Crippen LogP contribution in [0, 0.1) is 6.92 Å². The summed E-state index contributed by atoms with van der Waals surface area (Å²) >= 11 is 3.24. The molecule has 1 fully saturated rings. The van der Waals surface area contributed by atoms with Crippen LogP contribution in [0.15, 0.2) is 45.5 Å². The molecular formula is C18H20BrNO5S. The van der Waals surface area contributed by atoms with E-state index in [-0.39, 0.29) is 36.6 Å². The molecule has 1 aliphatic heterocycles. The maximum Gasteiger partial charge on any atom is 0.261 e. The Balaban J connectivity index is 1.72. The maximum absolute atomic E-state index is 12.8. The highest BCUT2D eigenvalue weighted by Gasteiger charge is 2.35. The van der Waals surface area contributed by atoms with Crippen LogP contribution < -0.4 is 4.74 Å². The number of carbonyl (C=O) groups is 1. The molecule has 1 saturated heterocycles. The molecule has 0 bridgehead atoms. The molecule has 0 aliphatic carbocycles. The molecule has 1 aliphatic rings. The Kier molecular flexibility index (Phi) is 5.72. The molecule has 0 spiro atoms. The first-order valence-corrected chi connectivity index (χ1v) is 10.9. The molecule has 6 nitrogen and oxygen atoms in total. The standard InChI is InChI=1S/C18H20BrNO5S/c1-13-3-2-4-15(9-13)24-11-18(21)20(10-16-5-6-17(19)25-16)14-7-8-26(22,23)12-14/h2-6,9,14H,7-8,10-12H2,1H3/t14-/m1/s1. The summed E-state index contributed by atoms with van der Waals surface area (Å²) in [6.45, 7) is 2.00. The topological polar surface area (TPSA) is 76.8 Å². The third-order valence-electron chi connectivity index (χ3n) is 4.28. The minimum Gasteiger partial charge on any atom is -0.484 e.